The minimum atomic E-state index is -0.900. The highest BCUT2D eigenvalue weighted by Gasteiger charge is 2.18. The van der Waals surface area contributed by atoms with E-state index in [9.17, 15) is 9.59 Å². The van der Waals surface area contributed by atoms with Crippen LogP contribution in [0.3, 0.4) is 0 Å². The van der Waals surface area contributed by atoms with Crippen molar-refractivity contribution in [3.8, 4) is 0 Å². The fourth-order valence-electron chi connectivity index (χ4n) is 1.09. The molecule has 0 aromatic carbocycles. The minimum absolute atomic E-state index is 0.0162. The van der Waals surface area contributed by atoms with Gasteiger partial charge in [-0.2, -0.15) is 0 Å². The van der Waals surface area contributed by atoms with Crippen LogP contribution in [0.25, 0.3) is 0 Å². The summed E-state index contributed by atoms with van der Waals surface area (Å²) in [4.78, 5) is 22.2. The maximum atomic E-state index is 10.4. The molecule has 6 nitrogen and oxygen atoms in total. The van der Waals surface area contributed by atoms with Crippen LogP contribution in [0.2, 0.25) is 0 Å². The van der Waals surface area contributed by atoms with Crippen LogP contribution in [0.5, 0.6) is 0 Å². The monoisotopic (exact) mass is 261 g/mol. The molecule has 17 heavy (non-hydrogen) atoms. The molecule has 0 radical (unpaired) electrons. The molecule has 0 aliphatic carbocycles. The van der Waals surface area contributed by atoms with E-state index in [1.807, 2.05) is 6.92 Å². The van der Waals surface area contributed by atoms with Gasteiger partial charge >= 0.3 is 5.97 Å². The molecule has 0 spiro atoms. The van der Waals surface area contributed by atoms with Crippen LogP contribution in [0.4, 0.5) is 0 Å². The predicted molar refractivity (Wildman–Crippen MR) is 68.5 cm³/mol. The van der Waals surface area contributed by atoms with Crippen molar-refractivity contribution < 1.29 is 14.7 Å². The van der Waals surface area contributed by atoms with E-state index < -0.39 is 12.0 Å². The van der Waals surface area contributed by atoms with Gasteiger partial charge in [-0.1, -0.05) is 19.8 Å². The Morgan fingerprint density at radius 1 is 1.71 bits per heavy atom. The van der Waals surface area contributed by atoms with Gasteiger partial charge in [0.1, 0.15) is 6.04 Å². The molecule has 0 aromatic rings. The standard InChI is InChI=1S/C6H13NO2.C4H6N2OS/c1-2-3-4-5(7)6(8)9;1-6-2-3(7)5-4(6)8/h5H,2-4,7H2,1H3,(H,8,9);2H2,1H3,(H,5,7,8). The van der Waals surface area contributed by atoms with E-state index in [4.69, 9.17) is 23.1 Å². The largest absolute Gasteiger partial charge is 0.480 e. The second kappa shape index (κ2) is 7.97. The van der Waals surface area contributed by atoms with Crippen LogP contribution in [0.15, 0.2) is 0 Å². The number of rotatable bonds is 4. The summed E-state index contributed by atoms with van der Waals surface area (Å²) >= 11 is 4.71. The zero-order chi connectivity index (χ0) is 13.4. The van der Waals surface area contributed by atoms with Crippen molar-refractivity contribution in [1.82, 2.24) is 10.2 Å². The van der Waals surface area contributed by atoms with E-state index in [-0.39, 0.29) is 5.91 Å². The zero-order valence-electron chi connectivity index (χ0n) is 10.1. The van der Waals surface area contributed by atoms with E-state index in [0.29, 0.717) is 18.1 Å². The lowest BCUT2D eigenvalue weighted by Crippen LogP contribution is -2.29. The summed E-state index contributed by atoms with van der Waals surface area (Å²) in [6.07, 6.45) is 2.49. The van der Waals surface area contributed by atoms with E-state index in [0.717, 1.165) is 12.8 Å². The zero-order valence-corrected chi connectivity index (χ0v) is 10.9. The second-order valence-corrected chi connectivity index (χ2v) is 4.18. The fourth-order valence-corrected chi connectivity index (χ4v) is 1.27. The SMILES string of the molecule is CCCCC(N)C(=O)O.CN1CC(=O)NC1=S. The molecule has 0 saturated carbocycles. The highest BCUT2D eigenvalue weighted by molar-refractivity contribution is 7.80. The summed E-state index contributed by atoms with van der Waals surface area (Å²) in [5.74, 6) is -0.916. The summed E-state index contributed by atoms with van der Waals surface area (Å²) in [7, 11) is 1.78. The summed E-state index contributed by atoms with van der Waals surface area (Å²) in [6, 6.07) is -0.662. The van der Waals surface area contributed by atoms with Gasteiger partial charge in [0.05, 0.1) is 6.54 Å². The van der Waals surface area contributed by atoms with E-state index >= 15 is 0 Å². The average Bonchev–Trinajstić information content (AvgIpc) is 2.53. The molecule has 1 rings (SSSR count). The van der Waals surface area contributed by atoms with Gasteiger partial charge in [-0.15, -0.1) is 0 Å². The molecule has 1 saturated heterocycles. The third-order valence-corrected chi connectivity index (χ3v) is 2.57. The Morgan fingerprint density at radius 3 is 2.53 bits per heavy atom. The average molecular weight is 261 g/mol. The third kappa shape index (κ3) is 6.85. The number of carboxylic acids is 1. The first-order valence-corrected chi connectivity index (χ1v) is 5.82. The molecule has 0 aromatic heterocycles. The van der Waals surface area contributed by atoms with Crippen LogP contribution >= 0.6 is 12.2 Å². The number of carbonyl (C=O) groups excluding carboxylic acids is 1. The Balaban J connectivity index is 0.000000302. The lowest BCUT2D eigenvalue weighted by atomic mass is 10.1. The molecule has 1 fully saturated rings. The molecular weight excluding hydrogens is 242 g/mol. The lowest BCUT2D eigenvalue weighted by Gasteiger charge is -2.03. The Kier molecular flexibility index (Phi) is 7.40. The third-order valence-electron chi connectivity index (χ3n) is 2.16. The first-order chi connectivity index (χ1) is 7.88. The number of nitrogens with two attached hydrogens (primary N) is 1. The summed E-state index contributed by atoms with van der Waals surface area (Å²) in [6.45, 7) is 2.41. The van der Waals surface area contributed by atoms with Gasteiger partial charge < -0.3 is 21.1 Å². The summed E-state index contributed by atoms with van der Waals surface area (Å²) in [5, 5.41) is 11.3. The number of likely N-dealkylation sites (N-methyl/N-ethyl adjacent to an activating group) is 1. The Bertz CT molecular complexity index is 297. The van der Waals surface area contributed by atoms with Crippen molar-refractivity contribution >= 4 is 29.2 Å². The Labute approximate surface area is 106 Å². The highest BCUT2D eigenvalue weighted by atomic mass is 32.1. The molecule has 0 bridgehead atoms. The van der Waals surface area contributed by atoms with E-state index in [1.165, 1.54) is 0 Å². The molecule has 1 aliphatic rings. The van der Waals surface area contributed by atoms with Crippen molar-refractivity contribution in [3.05, 3.63) is 0 Å². The molecule has 4 N–H and O–H groups in total. The number of carbonyl (C=O) groups is 2. The number of thiocarbonyl (C=S) groups is 1. The first kappa shape index (κ1) is 15.8. The second-order valence-electron chi connectivity index (χ2n) is 3.80. The van der Waals surface area contributed by atoms with Crippen molar-refractivity contribution in [2.24, 2.45) is 5.73 Å². The number of hydrogen-bond donors (Lipinski definition) is 3. The number of amides is 1. The molecule has 98 valence electrons. The Hall–Kier alpha value is -1.21. The van der Waals surface area contributed by atoms with Gasteiger partial charge in [0.2, 0.25) is 5.91 Å². The van der Waals surface area contributed by atoms with Gasteiger partial charge in [0.25, 0.3) is 0 Å². The molecular formula is C10H19N3O3S. The maximum absolute atomic E-state index is 10.4. The summed E-state index contributed by atoms with van der Waals surface area (Å²) < 4.78 is 0. The number of nitrogens with one attached hydrogen (secondary N) is 1. The molecule has 1 unspecified atom stereocenters. The minimum Gasteiger partial charge on any atom is -0.480 e. The van der Waals surface area contributed by atoms with E-state index in [2.05, 4.69) is 5.32 Å². The number of aliphatic carboxylic acids is 1. The Morgan fingerprint density at radius 2 is 2.29 bits per heavy atom. The van der Waals surface area contributed by atoms with Crippen molar-refractivity contribution in [2.75, 3.05) is 13.6 Å². The predicted octanol–water partition coefficient (Wildman–Crippen LogP) is -0.0786. The quantitative estimate of drug-likeness (QED) is 0.613. The van der Waals surface area contributed by atoms with Crippen LogP contribution < -0.4 is 11.1 Å². The van der Waals surface area contributed by atoms with Crippen molar-refractivity contribution in [2.45, 2.75) is 32.2 Å². The van der Waals surface area contributed by atoms with Gasteiger partial charge in [-0.3, -0.25) is 9.59 Å². The van der Waals surface area contributed by atoms with Crippen LogP contribution in [-0.4, -0.2) is 46.6 Å². The molecule has 1 aliphatic heterocycles. The van der Waals surface area contributed by atoms with Gasteiger partial charge in [-0.05, 0) is 18.6 Å². The molecule has 1 amide bonds. The number of nitrogens with zero attached hydrogens (tertiary/aromatic N) is 1. The van der Waals surface area contributed by atoms with Crippen molar-refractivity contribution in [3.63, 3.8) is 0 Å². The van der Waals surface area contributed by atoms with Crippen LogP contribution in [0, 0.1) is 0 Å². The normalized spacial score (nSPS) is 16.1. The highest BCUT2D eigenvalue weighted by Crippen LogP contribution is 1.97. The first-order valence-electron chi connectivity index (χ1n) is 5.41. The van der Waals surface area contributed by atoms with Gasteiger partial charge in [0.15, 0.2) is 5.11 Å². The fraction of sp³-hybridized carbons (Fsp3) is 0.700. The van der Waals surface area contributed by atoms with Gasteiger partial charge in [0, 0.05) is 7.05 Å². The lowest BCUT2D eigenvalue weighted by molar-refractivity contribution is -0.138. The van der Waals surface area contributed by atoms with Crippen molar-refractivity contribution in [1.29, 1.82) is 0 Å². The smallest absolute Gasteiger partial charge is 0.320 e. The molecule has 7 heteroatoms. The van der Waals surface area contributed by atoms with Crippen LogP contribution in [0.1, 0.15) is 26.2 Å². The number of carboxylic acid groups (broad SMARTS) is 1. The number of unbranched alkanes of at least 4 members (excludes halogenated alkanes) is 1. The number of hydrogen-bond acceptors (Lipinski definition) is 4. The van der Waals surface area contributed by atoms with Gasteiger partial charge in [-0.25, -0.2) is 0 Å². The topological polar surface area (TPSA) is 95.7 Å². The van der Waals surface area contributed by atoms with Crippen LogP contribution in [-0.2, 0) is 9.59 Å². The maximum Gasteiger partial charge on any atom is 0.320 e. The summed E-state index contributed by atoms with van der Waals surface area (Å²) in [5.41, 5.74) is 5.20. The van der Waals surface area contributed by atoms with E-state index in [1.54, 1.807) is 11.9 Å². The molecule has 1 heterocycles. The molecule has 1 atom stereocenters.